The molecule has 8 nitrogen and oxygen atoms in total. The smallest absolute Gasteiger partial charge is 0.289 e. The van der Waals surface area contributed by atoms with Crippen LogP contribution in [0.15, 0.2) is 77.9 Å². The Hall–Kier alpha value is -4.59. The van der Waals surface area contributed by atoms with Gasteiger partial charge < -0.3 is 14.6 Å². The van der Waals surface area contributed by atoms with Crippen LogP contribution in [0.2, 0.25) is 0 Å². The number of hydrogen-bond donors (Lipinski definition) is 3. The Morgan fingerprint density at radius 3 is 2.57 bits per heavy atom. The zero-order valence-electron chi connectivity index (χ0n) is 19.5. The number of nitrogens with zero attached hydrogens (tertiary/aromatic N) is 2. The highest BCUT2D eigenvalue weighted by Crippen LogP contribution is 2.26. The summed E-state index contributed by atoms with van der Waals surface area (Å²) in [5.41, 5.74) is 7.19. The summed E-state index contributed by atoms with van der Waals surface area (Å²) >= 11 is 0. The average Bonchev–Trinajstić information content (AvgIpc) is 3.37. The number of amides is 1. The standard InChI is InChI=1S/C27H26N4O4/c1-3-34-26-14-20(8-13-25(26)32)16-28-31-27(33)24-15-23(29-30-24)21-9-11-22(12-10-21)35-17-19-6-4-18(2)5-7-19/h4-16,32H,3,17H2,1-2H3,(H,29,30)(H,31,33)/b28-16-. The lowest BCUT2D eigenvalue weighted by Gasteiger charge is -2.07. The lowest BCUT2D eigenvalue weighted by Crippen LogP contribution is -2.18. The van der Waals surface area contributed by atoms with E-state index in [4.69, 9.17) is 9.47 Å². The summed E-state index contributed by atoms with van der Waals surface area (Å²) in [6, 6.07) is 22.2. The maximum atomic E-state index is 12.4. The molecule has 1 heterocycles. The van der Waals surface area contributed by atoms with Crippen LogP contribution in [0.3, 0.4) is 0 Å². The maximum absolute atomic E-state index is 12.4. The van der Waals surface area contributed by atoms with E-state index in [1.54, 1.807) is 18.2 Å². The maximum Gasteiger partial charge on any atom is 0.289 e. The van der Waals surface area contributed by atoms with Gasteiger partial charge in [-0.1, -0.05) is 29.8 Å². The van der Waals surface area contributed by atoms with Gasteiger partial charge in [-0.3, -0.25) is 9.89 Å². The number of hydrogen-bond acceptors (Lipinski definition) is 6. The number of benzene rings is 3. The van der Waals surface area contributed by atoms with E-state index in [1.807, 2.05) is 43.3 Å². The normalized spacial score (nSPS) is 10.9. The van der Waals surface area contributed by atoms with Crippen LogP contribution in [0.1, 0.15) is 34.1 Å². The number of rotatable bonds is 9. The molecule has 4 aromatic rings. The summed E-state index contributed by atoms with van der Waals surface area (Å²) in [5, 5.41) is 20.7. The van der Waals surface area contributed by atoms with E-state index in [2.05, 4.69) is 39.8 Å². The molecule has 0 aliphatic rings. The van der Waals surface area contributed by atoms with Crippen LogP contribution in [0.5, 0.6) is 17.2 Å². The van der Waals surface area contributed by atoms with Gasteiger partial charge in [-0.2, -0.15) is 10.2 Å². The second-order valence-corrected chi connectivity index (χ2v) is 7.82. The number of phenolic OH excluding ortho intramolecular Hbond substituents is 1. The number of H-pyrrole nitrogens is 1. The van der Waals surface area contributed by atoms with E-state index in [-0.39, 0.29) is 11.4 Å². The van der Waals surface area contributed by atoms with Gasteiger partial charge in [0.1, 0.15) is 18.1 Å². The summed E-state index contributed by atoms with van der Waals surface area (Å²) in [6.07, 6.45) is 1.46. The largest absolute Gasteiger partial charge is 0.504 e. The number of phenols is 1. The van der Waals surface area contributed by atoms with Gasteiger partial charge in [0.25, 0.3) is 5.91 Å². The number of hydrazone groups is 1. The van der Waals surface area contributed by atoms with Crippen molar-refractivity contribution in [1.82, 2.24) is 15.6 Å². The van der Waals surface area contributed by atoms with E-state index in [1.165, 1.54) is 17.8 Å². The van der Waals surface area contributed by atoms with E-state index < -0.39 is 5.91 Å². The minimum atomic E-state index is -0.429. The van der Waals surface area contributed by atoms with E-state index in [0.29, 0.717) is 30.2 Å². The Labute approximate surface area is 203 Å². The van der Waals surface area contributed by atoms with Gasteiger partial charge in [-0.05, 0) is 73.5 Å². The molecule has 0 saturated heterocycles. The molecule has 0 bridgehead atoms. The molecule has 1 aromatic heterocycles. The van der Waals surface area contributed by atoms with Gasteiger partial charge in [-0.25, -0.2) is 5.43 Å². The van der Waals surface area contributed by atoms with Crippen molar-refractivity contribution in [2.24, 2.45) is 5.10 Å². The molecular weight excluding hydrogens is 444 g/mol. The fourth-order valence-corrected chi connectivity index (χ4v) is 3.27. The molecular formula is C27H26N4O4. The first-order valence-electron chi connectivity index (χ1n) is 11.1. The molecule has 0 aliphatic carbocycles. The van der Waals surface area contributed by atoms with Crippen LogP contribution in [-0.2, 0) is 6.61 Å². The first-order chi connectivity index (χ1) is 17.0. The van der Waals surface area contributed by atoms with Crippen molar-refractivity contribution < 1.29 is 19.4 Å². The molecule has 0 unspecified atom stereocenters. The lowest BCUT2D eigenvalue weighted by atomic mass is 10.1. The number of nitrogens with one attached hydrogen (secondary N) is 2. The van der Waals surface area contributed by atoms with Crippen molar-refractivity contribution >= 4 is 12.1 Å². The number of aryl methyl sites for hydroxylation is 1. The fraction of sp³-hybridized carbons (Fsp3) is 0.148. The Bertz CT molecular complexity index is 1310. The summed E-state index contributed by atoms with van der Waals surface area (Å²) in [6.45, 7) is 4.80. The van der Waals surface area contributed by atoms with Gasteiger partial charge in [-0.15, -0.1) is 0 Å². The molecule has 0 spiro atoms. The predicted octanol–water partition coefficient (Wildman–Crippen LogP) is 4.83. The second kappa shape index (κ2) is 11.0. The number of ether oxygens (including phenoxy) is 2. The minimum absolute atomic E-state index is 0.0453. The third-order valence-electron chi connectivity index (χ3n) is 5.16. The Morgan fingerprint density at radius 1 is 1.06 bits per heavy atom. The van der Waals surface area contributed by atoms with Crippen LogP contribution in [-0.4, -0.2) is 34.0 Å². The molecule has 3 aromatic carbocycles. The van der Waals surface area contributed by atoms with Crippen LogP contribution < -0.4 is 14.9 Å². The molecule has 3 N–H and O–H groups in total. The van der Waals surface area contributed by atoms with Crippen LogP contribution >= 0.6 is 0 Å². The Balaban J connectivity index is 1.33. The highest BCUT2D eigenvalue weighted by molar-refractivity contribution is 5.94. The van der Waals surface area contributed by atoms with Gasteiger partial charge in [0.05, 0.1) is 18.5 Å². The van der Waals surface area contributed by atoms with E-state index in [0.717, 1.165) is 16.9 Å². The molecule has 8 heteroatoms. The zero-order valence-corrected chi connectivity index (χ0v) is 19.5. The van der Waals surface area contributed by atoms with Crippen molar-refractivity contribution in [3.8, 4) is 28.5 Å². The average molecular weight is 471 g/mol. The van der Waals surface area contributed by atoms with E-state index >= 15 is 0 Å². The van der Waals surface area contributed by atoms with Gasteiger partial charge in [0.2, 0.25) is 0 Å². The van der Waals surface area contributed by atoms with Crippen LogP contribution in [0.4, 0.5) is 0 Å². The Kier molecular flexibility index (Phi) is 7.42. The first-order valence-corrected chi connectivity index (χ1v) is 11.1. The fourth-order valence-electron chi connectivity index (χ4n) is 3.27. The van der Waals surface area contributed by atoms with Crippen molar-refractivity contribution in [3.63, 3.8) is 0 Å². The summed E-state index contributed by atoms with van der Waals surface area (Å²) in [5.74, 6) is 0.720. The zero-order chi connectivity index (χ0) is 24.6. The van der Waals surface area contributed by atoms with Crippen molar-refractivity contribution in [1.29, 1.82) is 0 Å². The van der Waals surface area contributed by atoms with Crippen molar-refractivity contribution in [2.75, 3.05) is 6.61 Å². The minimum Gasteiger partial charge on any atom is -0.504 e. The molecule has 35 heavy (non-hydrogen) atoms. The third kappa shape index (κ3) is 6.26. The van der Waals surface area contributed by atoms with E-state index in [9.17, 15) is 9.90 Å². The summed E-state index contributed by atoms with van der Waals surface area (Å²) < 4.78 is 11.2. The molecule has 4 rings (SSSR count). The lowest BCUT2D eigenvalue weighted by molar-refractivity contribution is 0.0950. The number of carbonyl (C=O) groups excluding carboxylic acids is 1. The predicted molar refractivity (Wildman–Crippen MR) is 134 cm³/mol. The summed E-state index contributed by atoms with van der Waals surface area (Å²) in [7, 11) is 0. The van der Waals surface area contributed by atoms with Gasteiger partial charge in [0, 0.05) is 5.56 Å². The highest BCUT2D eigenvalue weighted by atomic mass is 16.5. The molecule has 1 amide bonds. The highest BCUT2D eigenvalue weighted by Gasteiger charge is 2.11. The van der Waals surface area contributed by atoms with Crippen LogP contribution in [0.25, 0.3) is 11.3 Å². The Morgan fingerprint density at radius 2 is 1.83 bits per heavy atom. The third-order valence-corrected chi connectivity index (χ3v) is 5.16. The molecule has 0 saturated carbocycles. The summed E-state index contributed by atoms with van der Waals surface area (Å²) in [4.78, 5) is 12.4. The van der Waals surface area contributed by atoms with Crippen molar-refractivity contribution in [2.45, 2.75) is 20.5 Å². The number of aromatic hydroxyl groups is 1. The second-order valence-electron chi connectivity index (χ2n) is 7.82. The first kappa shape index (κ1) is 23.6. The molecule has 0 fully saturated rings. The van der Waals surface area contributed by atoms with Crippen LogP contribution in [0, 0.1) is 6.92 Å². The number of aromatic nitrogens is 2. The molecule has 0 radical (unpaired) electrons. The molecule has 0 atom stereocenters. The number of carbonyl (C=O) groups is 1. The van der Waals surface area contributed by atoms with Gasteiger partial charge >= 0.3 is 0 Å². The monoisotopic (exact) mass is 470 g/mol. The topological polar surface area (TPSA) is 109 Å². The quantitative estimate of drug-likeness (QED) is 0.240. The van der Waals surface area contributed by atoms with Gasteiger partial charge in [0.15, 0.2) is 11.5 Å². The SMILES string of the molecule is CCOc1cc(/C=N\NC(=O)c2cc(-c3ccc(OCc4ccc(C)cc4)cc3)n[nH]2)ccc1O. The van der Waals surface area contributed by atoms with Crippen molar-refractivity contribution in [3.05, 3.63) is 95.2 Å². The number of aromatic amines is 1. The molecule has 178 valence electrons. The molecule has 0 aliphatic heterocycles.